The second-order valence-corrected chi connectivity index (χ2v) is 5.24. The van der Waals surface area contributed by atoms with Gasteiger partial charge in [0.1, 0.15) is 17.6 Å². The largest absolute Gasteiger partial charge is 0.507 e. The Labute approximate surface area is 138 Å². The molecule has 1 saturated heterocycles. The summed E-state index contributed by atoms with van der Waals surface area (Å²) in [5, 5.41) is 10.6. The molecule has 1 amide bonds. The molecule has 1 aliphatic heterocycles. The number of hydrogen-bond donors (Lipinski definition) is 1. The summed E-state index contributed by atoms with van der Waals surface area (Å²) in [6.45, 7) is 0.471. The average molecular weight is 328 g/mol. The molecule has 0 spiro atoms. The highest BCUT2D eigenvalue weighted by atomic mass is 16.5. The van der Waals surface area contributed by atoms with Crippen molar-refractivity contribution in [1.29, 1.82) is 0 Å². The van der Waals surface area contributed by atoms with Crippen LogP contribution in [0.5, 0.6) is 0 Å². The molecule has 1 aliphatic rings. The first kappa shape index (κ1) is 15.9. The van der Waals surface area contributed by atoms with Crippen molar-refractivity contribution in [2.45, 2.75) is 6.04 Å². The molecule has 24 heavy (non-hydrogen) atoms. The molecule has 3 heterocycles. The van der Waals surface area contributed by atoms with E-state index in [1.54, 1.807) is 24.3 Å². The number of aromatic nitrogens is 1. The van der Waals surface area contributed by atoms with Crippen molar-refractivity contribution in [2.75, 3.05) is 20.3 Å². The molecule has 0 aliphatic carbocycles. The van der Waals surface area contributed by atoms with Gasteiger partial charge in [0.2, 0.25) is 0 Å². The third kappa shape index (κ3) is 2.69. The fourth-order valence-electron chi connectivity index (χ4n) is 2.71. The Morgan fingerprint density at radius 1 is 1.33 bits per heavy atom. The van der Waals surface area contributed by atoms with Gasteiger partial charge in [0.15, 0.2) is 0 Å². The van der Waals surface area contributed by atoms with Crippen molar-refractivity contribution >= 4 is 17.4 Å². The van der Waals surface area contributed by atoms with Crippen molar-refractivity contribution in [3.05, 3.63) is 59.8 Å². The summed E-state index contributed by atoms with van der Waals surface area (Å²) in [5.74, 6) is -1.29. The Bertz CT molecular complexity index is 768. The number of ketones is 1. The summed E-state index contributed by atoms with van der Waals surface area (Å²) in [5.41, 5.74) is 0.406. The summed E-state index contributed by atoms with van der Waals surface area (Å²) >= 11 is 0. The third-order valence-electron chi connectivity index (χ3n) is 3.84. The minimum Gasteiger partial charge on any atom is -0.507 e. The van der Waals surface area contributed by atoms with Crippen LogP contribution in [0.2, 0.25) is 0 Å². The summed E-state index contributed by atoms with van der Waals surface area (Å²) in [6.07, 6.45) is 4.45. The van der Waals surface area contributed by atoms with E-state index in [0.717, 1.165) is 0 Å². The number of nitrogens with zero attached hydrogens (tertiary/aromatic N) is 2. The predicted octanol–water partition coefficient (Wildman–Crippen LogP) is 1.74. The van der Waals surface area contributed by atoms with Gasteiger partial charge in [0.25, 0.3) is 11.7 Å². The zero-order chi connectivity index (χ0) is 17.1. The van der Waals surface area contributed by atoms with E-state index in [0.29, 0.717) is 11.3 Å². The second-order valence-electron chi connectivity index (χ2n) is 5.24. The van der Waals surface area contributed by atoms with E-state index < -0.39 is 17.7 Å². The maximum atomic E-state index is 12.5. The number of ether oxygens (including phenoxy) is 1. The Hall–Kier alpha value is -2.93. The number of pyridine rings is 1. The molecule has 0 bridgehead atoms. The number of aliphatic hydroxyl groups excluding tert-OH is 1. The van der Waals surface area contributed by atoms with Gasteiger partial charge in [0, 0.05) is 31.6 Å². The monoisotopic (exact) mass is 328 g/mol. The fourth-order valence-corrected chi connectivity index (χ4v) is 2.71. The van der Waals surface area contributed by atoms with Gasteiger partial charge >= 0.3 is 0 Å². The van der Waals surface area contributed by atoms with Gasteiger partial charge < -0.3 is 19.2 Å². The van der Waals surface area contributed by atoms with Crippen LogP contribution in [0, 0.1) is 0 Å². The molecule has 124 valence electrons. The minimum absolute atomic E-state index is 0.00254. The van der Waals surface area contributed by atoms with Gasteiger partial charge in [-0.05, 0) is 24.3 Å². The highest BCUT2D eigenvalue weighted by molar-refractivity contribution is 6.46. The standard InChI is InChI=1S/C17H16N2O5/c1-23-10-8-19-14(12-3-2-9-24-12)13(16(21)17(19)22)15(20)11-4-6-18-7-5-11/h2-7,9,14,20H,8,10H2,1H3/b15-13-. The van der Waals surface area contributed by atoms with Crippen molar-refractivity contribution < 1.29 is 23.8 Å². The summed E-state index contributed by atoms with van der Waals surface area (Å²) in [4.78, 5) is 30.1. The molecular weight excluding hydrogens is 312 g/mol. The number of carbonyl (C=O) groups excluding carboxylic acids is 2. The fraction of sp³-hybridized carbons (Fsp3) is 0.235. The molecule has 0 aromatic carbocycles. The van der Waals surface area contributed by atoms with E-state index in [1.807, 2.05) is 0 Å². The van der Waals surface area contributed by atoms with Crippen LogP contribution < -0.4 is 0 Å². The van der Waals surface area contributed by atoms with Gasteiger partial charge in [-0.3, -0.25) is 14.6 Å². The van der Waals surface area contributed by atoms with E-state index in [2.05, 4.69) is 4.98 Å². The van der Waals surface area contributed by atoms with Crippen LogP contribution in [0.3, 0.4) is 0 Å². The first-order valence-electron chi connectivity index (χ1n) is 7.36. The van der Waals surface area contributed by atoms with Gasteiger partial charge in [-0.15, -0.1) is 0 Å². The summed E-state index contributed by atoms with van der Waals surface area (Å²) in [7, 11) is 1.51. The minimum atomic E-state index is -0.789. The smallest absolute Gasteiger partial charge is 0.295 e. The first-order chi connectivity index (χ1) is 11.6. The Balaban J connectivity index is 2.12. The van der Waals surface area contributed by atoms with E-state index in [-0.39, 0.29) is 24.5 Å². The Morgan fingerprint density at radius 2 is 2.08 bits per heavy atom. The normalized spacial score (nSPS) is 19.9. The molecule has 1 unspecified atom stereocenters. The zero-order valence-corrected chi connectivity index (χ0v) is 13.0. The van der Waals surface area contributed by atoms with Crippen molar-refractivity contribution in [3.8, 4) is 0 Å². The van der Waals surface area contributed by atoms with Gasteiger partial charge in [0.05, 0.1) is 18.4 Å². The predicted molar refractivity (Wildman–Crippen MR) is 83.8 cm³/mol. The summed E-state index contributed by atoms with van der Waals surface area (Å²) < 4.78 is 10.4. The van der Waals surface area contributed by atoms with Crippen molar-refractivity contribution in [3.63, 3.8) is 0 Å². The number of likely N-dealkylation sites (tertiary alicyclic amines) is 1. The molecule has 2 aromatic heterocycles. The highest BCUT2D eigenvalue weighted by Crippen LogP contribution is 2.39. The van der Waals surface area contributed by atoms with E-state index in [9.17, 15) is 14.7 Å². The third-order valence-corrected chi connectivity index (χ3v) is 3.84. The molecule has 1 N–H and O–H groups in total. The number of amides is 1. The van der Waals surface area contributed by atoms with Crippen LogP contribution >= 0.6 is 0 Å². The lowest BCUT2D eigenvalue weighted by Crippen LogP contribution is -2.32. The van der Waals surface area contributed by atoms with Gasteiger partial charge in [-0.2, -0.15) is 0 Å². The van der Waals surface area contributed by atoms with Crippen LogP contribution in [0.15, 0.2) is 52.9 Å². The van der Waals surface area contributed by atoms with E-state index in [4.69, 9.17) is 9.15 Å². The van der Waals surface area contributed by atoms with Crippen LogP contribution in [-0.2, 0) is 14.3 Å². The zero-order valence-electron chi connectivity index (χ0n) is 13.0. The molecule has 0 radical (unpaired) electrons. The van der Waals surface area contributed by atoms with Crippen LogP contribution in [0.25, 0.3) is 5.76 Å². The Morgan fingerprint density at radius 3 is 2.71 bits per heavy atom. The quantitative estimate of drug-likeness (QED) is 0.510. The van der Waals surface area contributed by atoms with Crippen molar-refractivity contribution in [2.24, 2.45) is 0 Å². The number of carbonyl (C=O) groups is 2. The molecule has 7 nitrogen and oxygen atoms in total. The molecule has 1 fully saturated rings. The van der Waals surface area contributed by atoms with Crippen LogP contribution in [-0.4, -0.2) is 46.9 Å². The number of Topliss-reactive ketones (excluding diaryl/α,β-unsaturated/α-hetero) is 1. The topological polar surface area (TPSA) is 92.9 Å². The lowest BCUT2D eigenvalue weighted by molar-refractivity contribution is -0.140. The highest BCUT2D eigenvalue weighted by Gasteiger charge is 2.47. The summed E-state index contributed by atoms with van der Waals surface area (Å²) in [6, 6.07) is 5.67. The Kier molecular flexibility index (Phi) is 4.43. The lowest BCUT2D eigenvalue weighted by atomic mass is 10.00. The van der Waals surface area contributed by atoms with Crippen LogP contribution in [0.1, 0.15) is 17.4 Å². The second kappa shape index (κ2) is 6.67. The van der Waals surface area contributed by atoms with Crippen molar-refractivity contribution in [1.82, 2.24) is 9.88 Å². The van der Waals surface area contributed by atoms with Gasteiger partial charge in [-0.1, -0.05) is 0 Å². The number of aliphatic hydroxyl groups is 1. The maximum absolute atomic E-state index is 12.5. The number of rotatable bonds is 5. The molecule has 1 atom stereocenters. The number of hydrogen-bond acceptors (Lipinski definition) is 6. The SMILES string of the molecule is COCCN1C(=O)C(=O)/C(=C(\O)c2ccncc2)C1c1ccco1. The maximum Gasteiger partial charge on any atom is 0.295 e. The lowest BCUT2D eigenvalue weighted by Gasteiger charge is -2.22. The molecule has 3 rings (SSSR count). The van der Waals surface area contributed by atoms with Crippen LogP contribution in [0.4, 0.5) is 0 Å². The first-order valence-corrected chi connectivity index (χ1v) is 7.36. The van der Waals surface area contributed by atoms with E-state index >= 15 is 0 Å². The van der Waals surface area contributed by atoms with E-state index in [1.165, 1.54) is 30.7 Å². The molecule has 0 saturated carbocycles. The average Bonchev–Trinajstić information content (AvgIpc) is 3.21. The molecule has 7 heteroatoms. The molecular formula is C17H16N2O5. The number of methoxy groups -OCH3 is 1. The molecule has 2 aromatic rings. The number of furan rings is 1. The van der Waals surface area contributed by atoms with Gasteiger partial charge in [-0.25, -0.2) is 0 Å².